The van der Waals surface area contributed by atoms with Gasteiger partial charge >= 0.3 is 0 Å². The van der Waals surface area contributed by atoms with E-state index in [1.807, 2.05) is 0 Å². The van der Waals surface area contributed by atoms with Gasteiger partial charge in [0, 0.05) is 21.0 Å². The summed E-state index contributed by atoms with van der Waals surface area (Å²) >= 11 is 0. The summed E-state index contributed by atoms with van der Waals surface area (Å²) in [6, 6.07) is 0. The topological polar surface area (TPSA) is 136 Å². The third kappa shape index (κ3) is 2.65. The first-order chi connectivity index (χ1) is 10.5. The first kappa shape index (κ1) is 18.9. The van der Waals surface area contributed by atoms with Crippen molar-refractivity contribution in [3.63, 3.8) is 0 Å². The lowest BCUT2D eigenvalue weighted by atomic mass is 9.79. The minimum atomic E-state index is -1.84. The second-order valence-corrected chi connectivity index (χ2v) is 6.01. The van der Waals surface area contributed by atoms with Gasteiger partial charge in [0.2, 0.25) is 23.4 Å². The van der Waals surface area contributed by atoms with Crippen molar-refractivity contribution in [2.24, 2.45) is 17.4 Å². The lowest BCUT2D eigenvalue weighted by Crippen LogP contribution is -2.80. The number of carbonyl (C=O) groups excluding carboxylic acids is 4. The van der Waals surface area contributed by atoms with Gasteiger partial charge in [-0.25, -0.2) is 0 Å². The zero-order valence-electron chi connectivity index (χ0n) is 14.1. The number of hydrogen-bond acceptors (Lipinski definition) is 5. The first-order valence-corrected chi connectivity index (χ1v) is 7.18. The predicted octanol–water partition coefficient (Wildman–Crippen LogP) is -1.59. The van der Waals surface area contributed by atoms with Crippen LogP contribution in [0.2, 0.25) is 0 Å². The fourth-order valence-corrected chi connectivity index (χ4v) is 3.13. The number of piperazine rings is 1. The van der Waals surface area contributed by atoms with Crippen LogP contribution in [0.4, 0.5) is 0 Å². The number of nitrogens with two attached hydrogens (primary N) is 2. The van der Waals surface area contributed by atoms with E-state index in [2.05, 4.69) is 0 Å². The molecule has 1 aliphatic rings. The summed E-state index contributed by atoms with van der Waals surface area (Å²) in [5, 5.41) is 0. The van der Waals surface area contributed by atoms with E-state index in [1.54, 1.807) is 13.8 Å². The molecule has 0 aromatic heterocycles. The Labute approximate surface area is 134 Å². The summed E-state index contributed by atoms with van der Waals surface area (Å²) < 4.78 is 5.23. The molecule has 0 saturated carbocycles. The molecule has 0 aromatic rings. The summed E-state index contributed by atoms with van der Waals surface area (Å²) in [5.41, 5.74) is 7.71. The molecule has 4 N–H and O–H groups in total. The van der Waals surface area contributed by atoms with Crippen LogP contribution in [0.25, 0.3) is 0 Å². The van der Waals surface area contributed by atoms with Crippen LogP contribution in [0.5, 0.6) is 0 Å². The zero-order valence-corrected chi connectivity index (χ0v) is 14.1. The molecule has 0 bridgehead atoms. The molecule has 23 heavy (non-hydrogen) atoms. The Hall–Kier alpha value is -2.16. The average Bonchev–Trinajstić information content (AvgIpc) is 2.44. The number of nitrogens with zero attached hydrogens (tertiary/aromatic N) is 2. The van der Waals surface area contributed by atoms with Crippen molar-refractivity contribution >= 4 is 23.6 Å². The van der Waals surface area contributed by atoms with E-state index in [1.165, 1.54) is 25.9 Å². The monoisotopic (exact) mass is 328 g/mol. The molecule has 9 heteroatoms. The Kier molecular flexibility index (Phi) is 5.05. The van der Waals surface area contributed by atoms with Gasteiger partial charge in [-0.1, -0.05) is 13.8 Å². The second kappa shape index (κ2) is 6.15. The van der Waals surface area contributed by atoms with Gasteiger partial charge in [-0.15, -0.1) is 0 Å². The maximum Gasteiger partial charge on any atom is 0.273 e. The minimum Gasteiger partial charge on any atom is -0.368 e. The zero-order chi connectivity index (χ0) is 18.2. The van der Waals surface area contributed by atoms with Gasteiger partial charge in [-0.3, -0.25) is 19.2 Å². The summed E-state index contributed by atoms with van der Waals surface area (Å²) in [7, 11) is 1.21. The fraction of sp³-hybridized carbons (Fsp3) is 0.714. The van der Waals surface area contributed by atoms with Crippen molar-refractivity contribution in [2.45, 2.75) is 39.0 Å². The predicted molar refractivity (Wildman–Crippen MR) is 80.5 cm³/mol. The highest BCUT2D eigenvalue weighted by Crippen LogP contribution is 2.36. The molecule has 9 nitrogen and oxygen atoms in total. The van der Waals surface area contributed by atoms with Gasteiger partial charge in [0.25, 0.3) is 5.91 Å². The molecule has 2 atom stereocenters. The van der Waals surface area contributed by atoms with Crippen molar-refractivity contribution in [2.75, 3.05) is 20.2 Å². The molecule has 0 aliphatic carbocycles. The molecule has 1 fully saturated rings. The number of methoxy groups -OCH3 is 1. The maximum absolute atomic E-state index is 12.2. The van der Waals surface area contributed by atoms with E-state index in [0.717, 1.165) is 4.90 Å². The van der Waals surface area contributed by atoms with Gasteiger partial charge in [0.15, 0.2) is 0 Å². The van der Waals surface area contributed by atoms with Crippen molar-refractivity contribution < 1.29 is 23.9 Å². The molecule has 4 amide bonds. The quantitative estimate of drug-likeness (QED) is 0.641. The molecule has 1 aliphatic heterocycles. The Morgan fingerprint density at radius 1 is 0.957 bits per heavy atom. The molecular formula is C14H24N4O5. The number of hydrogen-bond donors (Lipinski definition) is 2. The minimum absolute atomic E-state index is 0.272. The molecule has 1 saturated heterocycles. The number of rotatable bonds is 4. The SMILES string of the molecule is COC1(C(N)=O)CN(C(C)=O)C(C(N)=O)(C(C)C)CN1C(C)=O. The van der Waals surface area contributed by atoms with Crippen LogP contribution in [-0.4, -0.2) is 64.9 Å². The summed E-state index contributed by atoms with van der Waals surface area (Å²) in [6.45, 7) is 5.27. The van der Waals surface area contributed by atoms with Crippen LogP contribution in [0.15, 0.2) is 0 Å². The Bertz CT molecular complexity index is 549. The number of ether oxygens (including phenoxy) is 1. The van der Waals surface area contributed by atoms with Gasteiger partial charge in [-0.2, -0.15) is 0 Å². The second-order valence-electron chi connectivity index (χ2n) is 6.01. The van der Waals surface area contributed by atoms with Gasteiger partial charge in [0.05, 0.1) is 13.1 Å². The van der Waals surface area contributed by atoms with Crippen molar-refractivity contribution in [1.82, 2.24) is 9.80 Å². The van der Waals surface area contributed by atoms with Gasteiger partial charge < -0.3 is 26.0 Å². The number of primary amides is 2. The molecule has 0 spiro atoms. The Balaban J connectivity index is 3.62. The third-order valence-electron chi connectivity index (χ3n) is 4.55. The van der Waals surface area contributed by atoms with E-state index in [-0.39, 0.29) is 13.1 Å². The largest absolute Gasteiger partial charge is 0.368 e. The van der Waals surface area contributed by atoms with Crippen LogP contribution < -0.4 is 11.5 Å². The van der Waals surface area contributed by atoms with E-state index in [4.69, 9.17) is 16.2 Å². The van der Waals surface area contributed by atoms with Gasteiger partial charge in [0.1, 0.15) is 5.54 Å². The van der Waals surface area contributed by atoms with Crippen LogP contribution in [0, 0.1) is 5.92 Å². The fourth-order valence-electron chi connectivity index (χ4n) is 3.13. The lowest BCUT2D eigenvalue weighted by molar-refractivity contribution is -0.213. The number of carbonyl (C=O) groups is 4. The third-order valence-corrected chi connectivity index (χ3v) is 4.55. The maximum atomic E-state index is 12.2. The van der Waals surface area contributed by atoms with E-state index in [0.29, 0.717) is 0 Å². The molecule has 0 radical (unpaired) electrons. The van der Waals surface area contributed by atoms with Crippen molar-refractivity contribution in [1.29, 1.82) is 0 Å². The highest BCUT2D eigenvalue weighted by atomic mass is 16.5. The molecule has 130 valence electrons. The van der Waals surface area contributed by atoms with E-state index >= 15 is 0 Å². The van der Waals surface area contributed by atoms with Crippen molar-refractivity contribution in [3.05, 3.63) is 0 Å². The summed E-state index contributed by atoms with van der Waals surface area (Å²) in [4.78, 5) is 50.6. The van der Waals surface area contributed by atoms with Gasteiger partial charge in [-0.05, 0) is 5.92 Å². The van der Waals surface area contributed by atoms with Crippen LogP contribution >= 0.6 is 0 Å². The average molecular weight is 328 g/mol. The molecule has 2 unspecified atom stereocenters. The van der Waals surface area contributed by atoms with E-state index < -0.39 is 40.8 Å². The summed E-state index contributed by atoms with van der Waals surface area (Å²) in [6.07, 6.45) is 0. The van der Waals surface area contributed by atoms with E-state index in [9.17, 15) is 19.2 Å². The summed E-state index contributed by atoms with van der Waals surface area (Å²) in [5.74, 6) is -3.07. The standard InChI is InChI=1S/C14H24N4O5/c1-8(2)13(11(15)21)6-18(10(4)20)14(23-5,12(16)22)7-17(13)9(3)19/h8H,6-7H2,1-5H3,(H2,15,21)(H2,16,22). The van der Waals surface area contributed by atoms with Crippen LogP contribution in [-0.2, 0) is 23.9 Å². The Morgan fingerprint density at radius 2 is 1.43 bits per heavy atom. The highest BCUT2D eigenvalue weighted by Gasteiger charge is 2.61. The molecular weight excluding hydrogens is 304 g/mol. The highest BCUT2D eigenvalue weighted by molar-refractivity contribution is 5.95. The van der Waals surface area contributed by atoms with Crippen molar-refractivity contribution in [3.8, 4) is 0 Å². The first-order valence-electron chi connectivity index (χ1n) is 7.18. The van der Waals surface area contributed by atoms with Crippen LogP contribution in [0.3, 0.4) is 0 Å². The number of amides is 4. The molecule has 1 heterocycles. The molecule has 0 aromatic carbocycles. The van der Waals surface area contributed by atoms with Crippen LogP contribution in [0.1, 0.15) is 27.7 Å². The molecule has 1 rings (SSSR count). The lowest BCUT2D eigenvalue weighted by Gasteiger charge is -2.56. The smallest absolute Gasteiger partial charge is 0.273 e. The Morgan fingerprint density at radius 3 is 1.70 bits per heavy atom. The normalized spacial score (nSPS) is 27.9.